The molecule has 4 aliphatic rings. The number of nitrogens with zero attached hydrogens (tertiary/aromatic N) is 2. The van der Waals surface area contributed by atoms with Crippen LogP contribution < -0.4 is 0 Å². The number of likely N-dealkylation sites (tertiary alicyclic amines) is 2. The van der Waals surface area contributed by atoms with E-state index in [4.69, 9.17) is 14.6 Å². The molecule has 6 nitrogen and oxygen atoms in total. The Morgan fingerprint density at radius 3 is 2.10 bits per heavy atom. The van der Waals surface area contributed by atoms with Crippen LogP contribution in [0.4, 0.5) is 13.2 Å². The highest BCUT2D eigenvalue weighted by atomic mass is 19.4. The van der Waals surface area contributed by atoms with Crippen LogP contribution in [0.1, 0.15) is 51.4 Å². The van der Waals surface area contributed by atoms with Crippen molar-refractivity contribution in [2.24, 2.45) is 11.8 Å². The smallest absolute Gasteiger partial charge is 0.475 e. The van der Waals surface area contributed by atoms with Crippen molar-refractivity contribution in [3.63, 3.8) is 0 Å². The predicted molar refractivity (Wildman–Crippen MR) is 99.3 cm³/mol. The number of piperidine rings is 1. The van der Waals surface area contributed by atoms with Gasteiger partial charge in [0.2, 0.25) is 5.91 Å². The van der Waals surface area contributed by atoms with E-state index in [1.807, 2.05) is 0 Å². The molecule has 1 N–H and O–H groups in total. The van der Waals surface area contributed by atoms with E-state index in [1.54, 1.807) is 0 Å². The Hall–Kier alpha value is -1.35. The first-order valence-corrected chi connectivity index (χ1v) is 10.6. The van der Waals surface area contributed by atoms with Crippen LogP contribution >= 0.6 is 0 Å². The summed E-state index contributed by atoms with van der Waals surface area (Å²) in [5.41, 5.74) is 0.0256. The number of carbonyl (C=O) groups is 2. The highest BCUT2D eigenvalue weighted by molar-refractivity contribution is 5.80. The summed E-state index contributed by atoms with van der Waals surface area (Å²) in [7, 11) is 0. The first-order chi connectivity index (χ1) is 13.7. The van der Waals surface area contributed by atoms with Crippen molar-refractivity contribution in [1.29, 1.82) is 0 Å². The minimum absolute atomic E-state index is 0.0256. The first kappa shape index (κ1) is 22.3. The number of halogens is 3. The molecule has 166 valence electrons. The molecular weight excluding hydrogens is 389 g/mol. The number of carbonyl (C=O) groups excluding carboxylic acids is 1. The summed E-state index contributed by atoms with van der Waals surface area (Å²) in [5.74, 6) is -1.31. The van der Waals surface area contributed by atoms with Crippen molar-refractivity contribution in [1.82, 2.24) is 9.80 Å². The fourth-order valence-corrected chi connectivity index (χ4v) is 4.54. The normalized spacial score (nSPS) is 27.4. The van der Waals surface area contributed by atoms with Gasteiger partial charge in [-0.05, 0) is 57.5 Å². The van der Waals surface area contributed by atoms with Gasteiger partial charge in [0, 0.05) is 12.5 Å². The van der Waals surface area contributed by atoms with Gasteiger partial charge in [-0.15, -0.1) is 0 Å². The summed E-state index contributed by atoms with van der Waals surface area (Å²) >= 11 is 0. The van der Waals surface area contributed by atoms with Gasteiger partial charge in [-0.1, -0.05) is 12.8 Å². The maximum absolute atomic E-state index is 12.2. The maximum atomic E-state index is 12.2. The lowest BCUT2D eigenvalue weighted by Crippen LogP contribution is -2.67. The van der Waals surface area contributed by atoms with Crippen LogP contribution in [0.2, 0.25) is 0 Å². The Kier molecular flexibility index (Phi) is 7.09. The molecule has 1 saturated carbocycles. The number of alkyl halides is 3. The van der Waals surface area contributed by atoms with Crippen molar-refractivity contribution >= 4 is 11.9 Å². The van der Waals surface area contributed by atoms with Crippen molar-refractivity contribution in [3.8, 4) is 0 Å². The largest absolute Gasteiger partial charge is 0.490 e. The van der Waals surface area contributed by atoms with Gasteiger partial charge in [0.05, 0.1) is 19.7 Å². The molecule has 29 heavy (non-hydrogen) atoms. The molecule has 0 radical (unpaired) electrons. The Morgan fingerprint density at radius 1 is 1.03 bits per heavy atom. The Bertz CT molecular complexity index is 573. The van der Waals surface area contributed by atoms with Gasteiger partial charge >= 0.3 is 12.1 Å². The lowest BCUT2D eigenvalue weighted by Gasteiger charge is -2.54. The van der Waals surface area contributed by atoms with Crippen LogP contribution in [-0.2, 0) is 14.3 Å². The second-order valence-electron chi connectivity index (χ2n) is 8.89. The van der Waals surface area contributed by atoms with Gasteiger partial charge in [-0.3, -0.25) is 4.79 Å². The van der Waals surface area contributed by atoms with Gasteiger partial charge in [0.1, 0.15) is 5.60 Å². The number of carboxylic acids is 1. The number of hydrogen-bond acceptors (Lipinski definition) is 4. The summed E-state index contributed by atoms with van der Waals surface area (Å²) in [6, 6.07) is 0. The molecule has 3 saturated heterocycles. The molecule has 1 aliphatic carbocycles. The molecule has 1 unspecified atom stereocenters. The Morgan fingerprint density at radius 2 is 1.66 bits per heavy atom. The van der Waals surface area contributed by atoms with Gasteiger partial charge in [-0.25, -0.2) is 4.79 Å². The number of carboxylic acid groups (broad SMARTS) is 1. The van der Waals surface area contributed by atoms with E-state index in [2.05, 4.69) is 9.80 Å². The van der Waals surface area contributed by atoms with Crippen LogP contribution in [0.15, 0.2) is 0 Å². The molecule has 9 heteroatoms. The molecule has 4 fully saturated rings. The van der Waals surface area contributed by atoms with Crippen molar-refractivity contribution < 1.29 is 32.6 Å². The van der Waals surface area contributed by atoms with Crippen LogP contribution in [0.25, 0.3) is 0 Å². The lowest BCUT2D eigenvalue weighted by molar-refractivity contribution is -0.193. The summed E-state index contributed by atoms with van der Waals surface area (Å²) < 4.78 is 38.0. The topological polar surface area (TPSA) is 70.1 Å². The fraction of sp³-hybridized carbons (Fsp3) is 0.900. The van der Waals surface area contributed by atoms with E-state index in [9.17, 15) is 18.0 Å². The van der Waals surface area contributed by atoms with E-state index in [0.29, 0.717) is 17.7 Å². The van der Waals surface area contributed by atoms with Crippen LogP contribution in [0.5, 0.6) is 0 Å². The van der Waals surface area contributed by atoms with E-state index in [-0.39, 0.29) is 5.60 Å². The average Bonchev–Trinajstić information content (AvgIpc) is 2.59. The molecule has 0 aromatic heterocycles. The van der Waals surface area contributed by atoms with Crippen LogP contribution in [0, 0.1) is 11.8 Å². The van der Waals surface area contributed by atoms with Gasteiger partial charge < -0.3 is 19.6 Å². The third kappa shape index (κ3) is 5.84. The van der Waals surface area contributed by atoms with E-state index >= 15 is 0 Å². The molecule has 0 bridgehead atoms. The molecular formula is C20H31F3N2O4. The average molecular weight is 420 g/mol. The zero-order valence-corrected chi connectivity index (χ0v) is 16.8. The zero-order chi connectivity index (χ0) is 21.1. The highest BCUT2D eigenvalue weighted by Gasteiger charge is 2.49. The van der Waals surface area contributed by atoms with Gasteiger partial charge in [-0.2, -0.15) is 13.2 Å². The van der Waals surface area contributed by atoms with Crippen molar-refractivity contribution in [2.45, 2.75) is 63.1 Å². The minimum Gasteiger partial charge on any atom is -0.475 e. The lowest BCUT2D eigenvalue weighted by atomic mass is 9.79. The molecule has 4 rings (SSSR count). The second-order valence-corrected chi connectivity index (χ2v) is 8.89. The van der Waals surface area contributed by atoms with Crippen molar-refractivity contribution in [3.05, 3.63) is 0 Å². The van der Waals surface area contributed by atoms with E-state index < -0.39 is 12.1 Å². The number of rotatable bonds is 3. The SMILES string of the molecule is O=C(C1CCC1)N1CC2(CCC(CN3CCCCC3)CO2)C1.O=C(O)C(F)(F)F. The van der Waals surface area contributed by atoms with Gasteiger partial charge in [0.25, 0.3) is 0 Å². The number of amides is 1. The Labute approximate surface area is 169 Å². The summed E-state index contributed by atoms with van der Waals surface area (Å²) in [5, 5.41) is 7.12. The zero-order valence-electron chi connectivity index (χ0n) is 16.8. The summed E-state index contributed by atoms with van der Waals surface area (Å²) in [6.45, 7) is 6.41. The number of ether oxygens (including phenoxy) is 1. The fourth-order valence-electron chi connectivity index (χ4n) is 4.54. The second kappa shape index (κ2) is 9.20. The molecule has 1 atom stereocenters. The molecule has 0 aromatic carbocycles. The van der Waals surface area contributed by atoms with Crippen LogP contribution in [-0.4, -0.2) is 77.9 Å². The molecule has 3 aliphatic heterocycles. The first-order valence-electron chi connectivity index (χ1n) is 10.6. The monoisotopic (exact) mass is 420 g/mol. The maximum Gasteiger partial charge on any atom is 0.490 e. The minimum atomic E-state index is -5.08. The third-order valence-corrected chi connectivity index (χ3v) is 6.57. The highest BCUT2D eigenvalue weighted by Crippen LogP contribution is 2.39. The summed E-state index contributed by atoms with van der Waals surface area (Å²) in [6.07, 6.45) is 4.96. The number of hydrogen-bond donors (Lipinski definition) is 1. The molecule has 0 aromatic rings. The molecule has 1 spiro atoms. The van der Waals surface area contributed by atoms with Crippen molar-refractivity contribution in [2.75, 3.05) is 39.3 Å². The standard InChI is InChI=1S/C18H30N2O2.C2HF3O2/c21-17(16-5-4-6-16)20-13-18(14-20)8-7-15(12-22-18)11-19-9-2-1-3-10-19;3-2(4,5)1(6)7/h15-16H,1-14H2;(H,6,7). The third-order valence-electron chi connectivity index (χ3n) is 6.57. The van der Waals surface area contributed by atoms with E-state index in [0.717, 1.165) is 39.0 Å². The van der Waals surface area contributed by atoms with Crippen LogP contribution in [0.3, 0.4) is 0 Å². The number of aliphatic carboxylic acids is 1. The predicted octanol–water partition coefficient (Wildman–Crippen LogP) is 2.91. The quantitative estimate of drug-likeness (QED) is 0.760. The molecule has 3 heterocycles. The Balaban J connectivity index is 0.000000298. The summed E-state index contributed by atoms with van der Waals surface area (Å²) in [4.78, 5) is 25.8. The van der Waals surface area contributed by atoms with Gasteiger partial charge in [0.15, 0.2) is 0 Å². The van der Waals surface area contributed by atoms with E-state index in [1.165, 1.54) is 51.7 Å². The molecule has 1 amide bonds.